The summed E-state index contributed by atoms with van der Waals surface area (Å²) < 4.78 is 37.3. The van der Waals surface area contributed by atoms with Gasteiger partial charge in [0.15, 0.2) is 9.84 Å². The van der Waals surface area contributed by atoms with Gasteiger partial charge in [0.25, 0.3) is 0 Å². The average Bonchev–Trinajstić information content (AvgIpc) is 2.42. The summed E-state index contributed by atoms with van der Waals surface area (Å²) in [6.07, 6.45) is 0. The molecule has 1 aromatic carbocycles. The molecular formula is C13H19FN2O2S2. The zero-order valence-corrected chi connectivity index (χ0v) is 13.0. The predicted octanol–water partition coefficient (Wildman–Crippen LogP) is 1.72. The summed E-state index contributed by atoms with van der Waals surface area (Å²) in [7, 11) is -3.12. The van der Waals surface area contributed by atoms with Crippen LogP contribution in [0.5, 0.6) is 0 Å². The SMILES string of the molecule is CCS(=O)(=O)C1CSCCN1Cc1ccc(F)cc1N. The quantitative estimate of drug-likeness (QED) is 0.857. The molecule has 2 rings (SSSR count). The third-order valence-corrected chi connectivity index (χ3v) is 6.82. The third kappa shape index (κ3) is 3.45. The summed E-state index contributed by atoms with van der Waals surface area (Å²) in [5, 5.41) is -0.476. The Bertz CT molecular complexity index is 578. The van der Waals surface area contributed by atoms with Crippen LogP contribution in [-0.4, -0.2) is 42.5 Å². The Balaban J connectivity index is 2.21. The van der Waals surface area contributed by atoms with E-state index in [9.17, 15) is 12.8 Å². The van der Waals surface area contributed by atoms with Crippen LogP contribution in [0.15, 0.2) is 18.2 Å². The minimum Gasteiger partial charge on any atom is -0.398 e. The van der Waals surface area contributed by atoms with Gasteiger partial charge in [-0.3, -0.25) is 4.90 Å². The Kier molecular flexibility index (Phi) is 4.93. The Morgan fingerprint density at radius 3 is 2.90 bits per heavy atom. The Hall–Kier alpha value is -0.790. The zero-order valence-electron chi connectivity index (χ0n) is 11.4. The van der Waals surface area contributed by atoms with Gasteiger partial charge in [-0.15, -0.1) is 0 Å². The zero-order chi connectivity index (χ0) is 14.8. The normalized spacial score (nSPS) is 21.0. The van der Waals surface area contributed by atoms with E-state index in [1.807, 2.05) is 4.90 Å². The van der Waals surface area contributed by atoms with Gasteiger partial charge in [-0.25, -0.2) is 12.8 Å². The first-order chi connectivity index (χ1) is 9.44. The summed E-state index contributed by atoms with van der Waals surface area (Å²) in [4.78, 5) is 1.93. The van der Waals surface area contributed by atoms with Crippen LogP contribution in [-0.2, 0) is 16.4 Å². The number of nitrogens with two attached hydrogens (primary N) is 1. The first-order valence-corrected chi connectivity index (χ1v) is 9.38. The van der Waals surface area contributed by atoms with E-state index < -0.39 is 15.2 Å². The fourth-order valence-corrected chi connectivity index (χ4v) is 5.33. The number of thioether (sulfide) groups is 1. The smallest absolute Gasteiger partial charge is 0.166 e. The maximum absolute atomic E-state index is 13.1. The average molecular weight is 318 g/mol. The molecule has 4 nitrogen and oxygen atoms in total. The largest absolute Gasteiger partial charge is 0.398 e. The molecule has 20 heavy (non-hydrogen) atoms. The van der Waals surface area contributed by atoms with Gasteiger partial charge in [-0.2, -0.15) is 11.8 Å². The number of hydrogen-bond acceptors (Lipinski definition) is 5. The van der Waals surface area contributed by atoms with Crippen molar-refractivity contribution in [2.24, 2.45) is 0 Å². The summed E-state index contributed by atoms with van der Waals surface area (Å²) in [6.45, 7) is 2.81. The molecule has 0 saturated carbocycles. The maximum Gasteiger partial charge on any atom is 0.166 e. The van der Waals surface area contributed by atoms with Crippen molar-refractivity contribution in [2.45, 2.75) is 18.8 Å². The number of halogens is 1. The van der Waals surface area contributed by atoms with Crippen LogP contribution >= 0.6 is 11.8 Å². The highest BCUT2D eigenvalue weighted by atomic mass is 32.2. The standard InChI is InChI=1S/C13H19FN2O2S2/c1-2-20(17,18)13-9-19-6-5-16(13)8-10-3-4-11(14)7-12(10)15/h3-4,7,13H,2,5-6,8-9,15H2,1H3. The van der Waals surface area contributed by atoms with Crippen LogP contribution in [0.3, 0.4) is 0 Å². The molecule has 0 aliphatic carbocycles. The molecule has 1 atom stereocenters. The van der Waals surface area contributed by atoms with Crippen LogP contribution in [0, 0.1) is 5.82 Å². The number of anilines is 1. The predicted molar refractivity (Wildman–Crippen MR) is 81.8 cm³/mol. The first kappa shape index (κ1) is 15.6. The van der Waals surface area contributed by atoms with Gasteiger partial charge in [0, 0.05) is 36.0 Å². The molecule has 0 aromatic heterocycles. The molecule has 1 fully saturated rings. The highest BCUT2D eigenvalue weighted by molar-refractivity contribution is 8.01. The number of nitrogens with zero attached hydrogens (tertiary/aromatic N) is 1. The molecule has 0 spiro atoms. The minimum atomic E-state index is -3.12. The molecule has 1 heterocycles. The molecule has 1 aliphatic rings. The Labute approximate surface area is 123 Å². The topological polar surface area (TPSA) is 63.4 Å². The molecule has 1 aliphatic heterocycles. The number of rotatable bonds is 4. The number of sulfone groups is 1. The van der Waals surface area contributed by atoms with E-state index in [0.717, 1.165) is 11.3 Å². The van der Waals surface area contributed by atoms with Crippen LogP contribution < -0.4 is 5.73 Å². The summed E-state index contributed by atoms with van der Waals surface area (Å²) >= 11 is 1.65. The van der Waals surface area contributed by atoms with Crippen molar-refractivity contribution in [2.75, 3.05) is 29.5 Å². The fraction of sp³-hybridized carbons (Fsp3) is 0.538. The molecule has 0 radical (unpaired) electrons. The molecule has 7 heteroatoms. The Morgan fingerprint density at radius 1 is 1.50 bits per heavy atom. The summed E-state index contributed by atoms with van der Waals surface area (Å²) in [5.41, 5.74) is 6.95. The van der Waals surface area contributed by atoms with Crippen molar-refractivity contribution in [3.05, 3.63) is 29.6 Å². The molecular weight excluding hydrogens is 299 g/mol. The van der Waals surface area contributed by atoms with Crippen LogP contribution in [0.25, 0.3) is 0 Å². The van der Waals surface area contributed by atoms with Gasteiger partial charge in [0.2, 0.25) is 0 Å². The molecule has 2 N–H and O–H groups in total. The lowest BCUT2D eigenvalue weighted by Gasteiger charge is -2.34. The van der Waals surface area contributed by atoms with Crippen molar-refractivity contribution < 1.29 is 12.8 Å². The monoisotopic (exact) mass is 318 g/mol. The van der Waals surface area contributed by atoms with E-state index >= 15 is 0 Å². The van der Waals surface area contributed by atoms with Gasteiger partial charge in [-0.1, -0.05) is 13.0 Å². The lowest BCUT2D eigenvalue weighted by atomic mass is 10.1. The van der Waals surface area contributed by atoms with E-state index in [1.165, 1.54) is 12.1 Å². The summed E-state index contributed by atoms with van der Waals surface area (Å²) in [5.74, 6) is 1.24. The molecule has 1 unspecified atom stereocenters. The van der Waals surface area contributed by atoms with Crippen molar-refractivity contribution in [1.29, 1.82) is 0 Å². The third-order valence-electron chi connectivity index (χ3n) is 3.49. The van der Waals surface area contributed by atoms with Crippen molar-refractivity contribution in [1.82, 2.24) is 4.90 Å². The minimum absolute atomic E-state index is 0.133. The number of hydrogen-bond donors (Lipinski definition) is 1. The highest BCUT2D eigenvalue weighted by Gasteiger charge is 2.32. The molecule has 0 bridgehead atoms. The van der Waals surface area contributed by atoms with Crippen molar-refractivity contribution in [3.8, 4) is 0 Å². The molecule has 1 aromatic rings. The second-order valence-electron chi connectivity index (χ2n) is 4.79. The lowest BCUT2D eigenvalue weighted by Crippen LogP contribution is -2.47. The van der Waals surface area contributed by atoms with E-state index in [0.29, 0.717) is 24.5 Å². The van der Waals surface area contributed by atoms with E-state index in [4.69, 9.17) is 5.73 Å². The van der Waals surface area contributed by atoms with E-state index in [1.54, 1.807) is 24.8 Å². The second-order valence-corrected chi connectivity index (χ2v) is 8.39. The summed E-state index contributed by atoms with van der Waals surface area (Å²) in [6, 6.07) is 4.26. The van der Waals surface area contributed by atoms with E-state index in [-0.39, 0.29) is 11.6 Å². The van der Waals surface area contributed by atoms with Crippen molar-refractivity contribution in [3.63, 3.8) is 0 Å². The van der Waals surface area contributed by atoms with Crippen LogP contribution in [0.1, 0.15) is 12.5 Å². The first-order valence-electron chi connectivity index (χ1n) is 6.51. The van der Waals surface area contributed by atoms with Gasteiger partial charge in [-0.05, 0) is 17.7 Å². The van der Waals surface area contributed by atoms with Gasteiger partial charge >= 0.3 is 0 Å². The molecule has 112 valence electrons. The fourth-order valence-electron chi connectivity index (χ4n) is 2.25. The van der Waals surface area contributed by atoms with Crippen LogP contribution in [0.2, 0.25) is 0 Å². The van der Waals surface area contributed by atoms with Gasteiger partial charge < -0.3 is 5.73 Å². The lowest BCUT2D eigenvalue weighted by molar-refractivity contribution is 0.262. The van der Waals surface area contributed by atoms with Crippen LogP contribution in [0.4, 0.5) is 10.1 Å². The van der Waals surface area contributed by atoms with Gasteiger partial charge in [0.1, 0.15) is 11.2 Å². The number of nitrogen functional groups attached to an aromatic ring is 1. The molecule has 0 amide bonds. The maximum atomic E-state index is 13.1. The number of benzene rings is 1. The van der Waals surface area contributed by atoms with E-state index in [2.05, 4.69) is 0 Å². The van der Waals surface area contributed by atoms with Crippen molar-refractivity contribution >= 4 is 27.3 Å². The Morgan fingerprint density at radius 2 is 2.25 bits per heavy atom. The highest BCUT2D eigenvalue weighted by Crippen LogP contribution is 2.25. The molecule has 1 saturated heterocycles. The van der Waals surface area contributed by atoms with Gasteiger partial charge in [0.05, 0.1) is 0 Å². The second kappa shape index (κ2) is 6.32.